The van der Waals surface area contributed by atoms with Gasteiger partial charge in [0.2, 0.25) is 0 Å². The zero-order chi connectivity index (χ0) is 27.1. The average Bonchev–Trinajstić information content (AvgIpc) is 2.93. The van der Waals surface area contributed by atoms with Gasteiger partial charge in [0.1, 0.15) is 6.54 Å². The number of hydrogen-bond acceptors (Lipinski definition) is 5. The third kappa shape index (κ3) is 6.31. The van der Waals surface area contributed by atoms with E-state index in [-0.39, 0.29) is 0 Å². The van der Waals surface area contributed by atoms with Gasteiger partial charge >= 0.3 is 5.97 Å². The van der Waals surface area contributed by atoms with Gasteiger partial charge in [-0.25, -0.2) is 0 Å². The smallest absolute Gasteiger partial charge is 0.322 e. The molecular formula is C31H29N3O4. The summed E-state index contributed by atoms with van der Waals surface area (Å²) in [6, 6.07) is 25.1. The first-order valence-electron chi connectivity index (χ1n) is 12.3. The van der Waals surface area contributed by atoms with E-state index >= 15 is 0 Å². The van der Waals surface area contributed by atoms with Crippen molar-refractivity contribution in [2.75, 3.05) is 6.54 Å². The molecular weight excluding hydrogens is 478 g/mol. The number of aromatic nitrogens is 1. The number of carbonyl (C=O) groups is 2. The fraction of sp³-hybridized carbons (Fsp3) is 0.161. The van der Waals surface area contributed by atoms with Crippen LogP contribution in [0.5, 0.6) is 0 Å². The predicted molar refractivity (Wildman–Crippen MR) is 148 cm³/mol. The second-order valence-electron chi connectivity index (χ2n) is 9.07. The minimum Gasteiger partial charge on any atom is -0.480 e. The maximum absolute atomic E-state index is 12.3. The third-order valence-electron chi connectivity index (χ3n) is 6.41. The number of benzene rings is 3. The Labute approximate surface area is 221 Å². The number of pyridine rings is 1. The molecule has 0 saturated heterocycles. The molecule has 1 aromatic heterocycles. The molecule has 0 fully saturated rings. The van der Waals surface area contributed by atoms with Gasteiger partial charge in [-0.2, -0.15) is 0 Å². The Morgan fingerprint density at radius 1 is 0.895 bits per heavy atom. The van der Waals surface area contributed by atoms with Crippen molar-refractivity contribution in [2.45, 2.75) is 26.7 Å². The van der Waals surface area contributed by atoms with Crippen molar-refractivity contribution in [1.29, 1.82) is 0 Å². The van der Waals surface area contributed by atoms with E-state index in [0.717, 1.165) is 44.6 Å². The van der Waals surface area contributed by atoms with Crippen LogP contribution < -0.4 is 5.32 Å². The van der Waals surface area contributed by atoms with E-state index in [4.69, 9.17) is 5.11 Å². The maximum Gasteiger partial charge on any atom is 0.322 e. The number of carbonyl (C=O) groups excluding carboxylic acids is 1. The van der Waals surface area contributed by atoms with Gasteiger partial charge in [-0.3, -0.25) is 14.6 Å². The molecule has 1 amide bonds. The van der Waals surface area contributed by atoms with Crippen LogP contribution in [-0.4, -0.2) is 39.4 Å². The number of rotatable bonds is 9. The normalized spacial score (nSPS) is 11.3. The standard InChI is InChI=1S/C31H29N3O4/c1-20-16-25(14-15-32-20)27-10-5-11-28(21(27)2)29(34-38)13-12-22-6-3-7-23(17-22)24-8-4-9-26(18-24)31(37)33-19-30(35)36/h3-11,14-18,38H,12-13,19H2,1-2H3,(H,33,37)(H,35,36)/b34-29+. The van der Waals surface area contributed by atoms with Crippen LogP contribution in [0.4, 0.5) is 0 Å². The van der Waals surface area contributed by atoms with E-state index in [1.807, 2.05) is 68.4 Å². The first kappa shape index (κ1) is 26.3. The number of carboxylic acids is 1. The van der Waals surface area contributed by atoms with E-state index in [2.05, 4.69) is 21.5 Å². The van der Waals surface area contributed by atoms with Crippen LogP contribution in [0.1, 0.15) is 39.2 Å². The number of amides is 1. The Morgan fingerprint density at radius 3 is 2.37 bits per heavy atom. The zero-order valence-corrected chi connectivity index (χ0v) is 21.3. The van der Waals surface area contributed by atoms with Crippen LogP contribution in [0.2, 0.25) is 0 Å². The number of carboxylic acid groups (broad SMARTS) is 1. The third-order valence-corrected chi connectivity index (χ3v) is 6.41. The largest absolute Gasteiger partial charge is 0.480 e. The summed E-state index contributed by atoms with van der Waals surface area (Å²) in [5, 5.41) is 24.7. The molecule has 0 aliphatic heterocycles. The van der Waals surface area contributed by atoms with Gasteiger partial charge in [-0.15, -0.1) is 0 Å². The van der Waals surface area contributed by atoms with E-state index in [1.165, 1.54) is 0 Å². The number of oxime groups is 1. The molecule has 0 aliphatic carbocycles. The Morgan fingerprint density at radius 2 is 1.63 bits per heavy atom. The fourth-order valence-electron chi connectivity index (χ4n) is 4.48. The molecule has 3 N–H and O–H groups in total. The fourth-order valence-corrected chi connectivity index (χ4v) is 4.48. The molecule has 38 heavy (non-hydrogen) atoms. The minimum atomic E-state index is -1.10. The highest BCUT2D eigenvalue weighted by Gasteiger charge is 2.13. The van der Waals surface area contributed by atoms with Gasteiger partial charge in [0, 0.05) is 23.0 Å². The summed E-state index contributed by atoms with van der Waals surface area (Å²) in [6.07, 6.45) is 2.99. The molecule has 1 heterocycles. The second-order valence-corrected chi connectivity index (χ2v) is 9.07. The van der Waals surface area contributed by atoms with Gasteiger partial charge in [-0.1, -0.05) is 59.8 Å². The molecule has 4 aromatic rings. The van der Waals surface area contributed by atoms with Crippen molar-refractivity contribution in [3.05, 3.63) is 113 Å². The molecule has 4 rings (SSSR count). The summed E-state index contributed by atoms with van der Waals surface area (Å²) in [4.78, 5) is 27.3. The summed E-state index contributed by atoms with van der Waals surface area (Å²) in [7, 11) is 0. The SMILES string of the molecule is Cc1cc(-c2cccc(/C(CCc3cccc(-c4cccc(C(=O)NCC(=O)O)c4)c3)=N/O)c2C)ccn1. The van der Waals surface area contributed by atoms with E-state index in [1.54, 1.807) is 24.4 Å². The molecule has 0 atom stereocenters. The van der Waals surface area contributed by atoms with Crippen molar-refractivity contribution in [3.63, 3.8) is 0 Å². The average molecular weight is 508 g/mol. The van der Waals surface area contributed by atoms with Crippen molar-refractivity contribution in [2.24, 2.45) is 5.16 Å². The van der Waals surface area contributed by atoms with Crippen LogP contribution in [0.3, 0.4) is 0 Å². The first-order chi connectivity index (χ1) is 18.4. The lowest BCUT2D eigenvalue weighted by molar-refractivity contribution is -0.135. The van der Waals surface area contributed by atoms with Crippen molar-refractivity contribution >= 4 is 17.6 Å². The van der Waals surface area contributed by atoms with Crippen LogP contribution >= 0.6 is 0 Å². The van der Waals surface area contributed by atoms with Gasteiger partial charge in [0.05, 0.1) is 5.71 Å². The van der Waals surface area contributed by atoms with Gasteiger partial charge < -0.3 is 15.6 Å². The Bertz CT molecular complexity index is 1510. The molecule has 0 aliphatic rings. The molecule has 0 bridgehead atoms. The highest BCUT2D eigenvalue weighted by atomic mass is 16.4. The topological polar surface area (TPSA) is 112 Å². The second kappa shape index (κ2) is 12.0. The van der Waals surface area contributed by atoms with Gasteiger partial charge in [-0.05, 0) is 84.3 Å². The lowest BCUT2D eigenvalue weighted by Crippen LogP contribution is -2.29. The summed E-state index contributed by atoms with van der Waals surface area (Å²) in [5.41, 5.74) is 8.86. The molecule has 192 valence electrons. The van der Waals surface area contributed by atoms with E-state index in [0.29, 0.717) is 24.1 Å². The van der Waals surface area contributed by atoms with Crippen LogP contribution in [-0.2, 0) is 11.2 Å². The van der Waals surface area contributed by atoms with Gasteiger partial charge in [0.15, 0.2) is 0 Å². The van der Waals surface area contributed by atoms with Crippen LogP contribution in [0, 0.1) is 13.8 Å². The Kier molecular flexibility index (Phi) is 8.28. The quantitative estimate of drug-likeness (QED) is 0.154. The summed E-state index contributed by atoms with van der Waals surface area (Å²) in [5.74, 6) is -1.53. The molecule has 7 nitrogen and oxygen atoms in total. The summed E-state index contributed by atoms with van der Waals surface area (Å²) in [6.45, 7) is 3.56. The highest BCUT2D eigenvalue weighted by Crippen LogP contribution is 2.28. The number of nitrogens with one attached hydrogen (secondary N) is 1. The highest BCUT2D eigenvalue weighted by molar-refractivity contribution is 6.03. The molecule has 3 aromatic carbocycles. The van der Waals surface area contributed by atoms with Crippen LogP contribution in [0.15, 0.2) is 90.2 Å². The number of nitrogens with zero attached hydrogens (tertiary/aromatic N) is 2. The minimum absolute atomic E-state index is 0.392. The Hall–Kier alpha value is -4.78. The monoisotopic (exact) mass is 507 g/mol. The molecule has 7 heteroatoms. The molecule has 0 saturated carbocycles. The number of aliphatic carboxylic acids is 1. The van der Waals surface area contributed by atoms with Crippen LogP contribution in [0.25, 0.3) is 22.3 Å². The molecule has 0 spiro atoms. The Balaban J connectivity index is 1.51. The number of hydrogen-bond donors (Lipinski definition) is 3. The van der Waals surface area contributed by atoms with E-state index in [9.17, 15) is 14.8 Å². The van der Waals surface area contributed by atoms with Gasteiger partial charge in [0.25, 0.3) is 5.91 Å². The molecule has 0 unspecified atom stereocenters. The maximum atomic E-state index is 12.3. The zero-order valence-electron chi connectivity index (χ0n) is 21.3. The predicted octanol–water partition coefficient (Wildman–Crippen LogP) is 5.66. The first-order valence-corrected chi connectivity index (χ1v) is 12.3. The van der Waals surface area contributed by atoms with Crippen molar-refractivity contribution < 1.29 is 19.9 Å². The lowest BCUT2D eigenvalue weighted by Gasteiger charge is -2.13. The van der Waals surface area contributed by atoms with Crippen molar-refractivity contribution in [3.8, 4) is 22.3 Å². The molecule has 0 radical (unpaired) electrons. The van der Waals surface area contributed by atoms with E-state index < -0.39 is 18.4 Å². The van der Waals surface area contributed by atoms with Crippen molar-refractivity contribution in [1.82, 2.24) is 10.3 Å². The number of aryl methyl sites for hydroxylation is 2. The summed E-state index contributed by atoms with van der Waals surface area (Å²) >= 11 is 0. The lowest BCUT2D eigenvalue weighted by atomic mass is 9.92. The summed E-state index contributed by atoms with van der Waals surface area (Å²) < 4.78 is 0.